The zero-order valence-corrected chi connectivity index (χ0v) is 18.4. The monoisotopic (exact) mass is 440 g/mol. The first kappa shape index (κ1) is 21.8. The second-order valence-electron chi connectivity index (χ2n) is 7.38. The Morgan fingerprint density at radius 1 is 0.818 bits per heavy atom. The number of carbonyl (C=O) groups excluding carboxylic acids is 1. The van der Waals surface area contributed by atoms with Crippen LogP contribution < -0.4 is 20.7 Å². The van der Waals surface area contributed by atoms with Crippen molar-refractivity contribution in [3.63, 3.8) is 0 Å². The Bertz CT molecular complexity index is 1230. The summed E-state index contributed by atoms with van der Waals surface area (Å²) in [5.74, 6) is 3.05. The van der Waals surface area contributed by atoms with E-state index in [2.05, 4.69) is 30.9 Å². The lowest BCUT2D eigenvalue weighted by atomic mass is 10.2. The van der Waals surface area contributed by atoms with Crippen molar-refractivity contribution in [1.29, 1.82) is 0 Å². The second kappa shape index (κ2) is 10.2. The maximum absolute atomic E-state index is 12.1. The number of amides is 1. The Morgan fingerprint density at radius 3 is 2.24 bits per heavy atom. The van der Waals surface area contributed by atoms with Gasteiger partial charge in [0.05, 0.1) is 0 Å². The molecule has 166 valence electrons. The molecule has 0 bridgehead atoms. The number of ether oxygens (including phenoxy) is 1. The maximum atomic E-state index is 12.1. The molecule has 0 aliphatic carbocycles. The van der Waals surface area contributed by atoms with Crippen molar-refractivity contribution in [3.8, 4) is 5.75 Å². The molecule has 4 aromatic rings. The molecular formula is C25H24N6O2. The van der Waals surface area contributed by atoms with Gasteiger partial charge in [0.15, 0.2) is 6.61 Å². The van der Waals surface area contributed by atoms with E-state index in [-0.39, 0.29) is 12.5 Å². The van der Waals surface area contributed by atoms with Crippen LogP contribution in [0.25, 0.3) is 0 Å². The summed E-state index contributed by atoms with van der Waals surface area (Å²) in [5, 5.41) is 9.28. The summed E-state index contributed by atoms with van der Waals surface area (Å²) < 4.78 is 5.47. The predicted octanol–water partition coefficient (Wildman–Crippen LogP) is 4.99. The van der Waals surface area contributed by atoms with Crippen LogP contribution in [0.3, 0.4) is 0 Å². The molecule has 0 aliphatic rings. The number of aromatic nitrogens is 3. The summed E-state index contributed by atoms with van der Waals surface area (Å²) in [4.78, 5) is 25.3. The molecule has 0 saturated carbocycles. The lowest BCUT2D eigenvalue weighted by molar-refractivity contribution is -0.118. The van der Waals surface area contributed by atoms with Gasteiger partial charge in [-0.2, -0.15) is 0 Å². The van der Waals surface area contributed by atoms with Gasteiger partial charge in [-0.25, -0.2) is 15.0 Å². The molecule has 0 fully saturated rings. The maximum Gasteiger partial charge on any atom is 0.262 e. The minimum atomic E-state index is -0.230. The minimum absolute atomic E-state index is 0.0597. The number of aryl methyl sites for hydroxylation is 2. The molecule has 2 aromatic heterocycles. The molecule has 2 heterocycles. The molecule has 8 heteroatoms. The highest BCUT2D eigenvalue weighted by atomic mass is 16.5. The van der Waals surface area contributed by atoms with Gasteiger partial charge in [-0.1, -0.05) is 18.2 Å². The van der Waals surface area contributed by atoms with Gasteiger partial charge in [-0.05, 0) is 67.9 Å². The van der Waals surface area contributed by atoms with Crippen LogP contribution in [0.4, 0.5) is 28.8 Å². The first-order valence-corrected chi connectivity index (χ1v) is 10.4. The van der Waals surface area contributed by atoms with Gasteiger partial charge in [0, 0.05) is 23.6 Å². The largest absolute Gasteiger partial charge is 0.484 e. The first-order chi connectivity index (χ1) is 16.0. The number of nitrogens with zero attached hydrogens (tertiary/aromatic N) is 3. The Labute approximate surface area is 192 Å². The molecule has 1 amide bonds. The lowest BCUT2D eigenvalue weighted by Crippen LogP contribution is -2.20. The fourth-order valence-corrected chi connectivity index (χ4v) is 3.08. The summed E-state index contributed by atoms with van der Waals surface area (Å²) in [5.41, 5.74) is 2.61. The van der Waals surface area contributed by atoms with Crippen molar-refractivity contribution in [2.24, 2.45) is 0 Å². The minimum Gasteiger partial charge on any atom is -0.484 e. The van der Waals surface area contributed by atoms with Crippen LogP contribution in [0.5, 0.6) is 5.75 Å². The molecule has 2 aromatic carbocycles. The molecular weight excluding hydrogens is 416 g/mol. The summed E-state index contributed by atoms with van der Waals surface area (Å²) in [6, 6.07) is 22.3. The van der Waals surface area contributed by atoms with Crippen LogP contribution in [0.2, 0.25) is 0 Å². The standard InChI is InChI=1S/C25H24N6O2/c1-17-12-13-26-22(14-17)31-24-15-23(27-18(2)28-24)29-19-8-10-20(11-9-19)30-25(32)16-33-21-6-4-3-5-7-21/h3-15H,16H2,1-2H3,(H,30,32)(H2,26,27,28,29,31). The average Bonchev–Trinajstić information content (AvgIpc) is 2.79. The number of para-hydroxylation sites is 1. The number of anilines is 5. The van der Waals surface area contributed by atoms with Crippen molar-refractivity contribution in [2.45, 2.75) is 13.8 Å². The van der Waals surface area contributed by atoms with Gasteiger partial charge in [0.2, 0.25) is 0 Å². The summed E-state index contributed by atoms with van der Waals surface area (Å²) in [6.45, 7) is 3.78. The van der Waals surface area contributed by atoms with Gasteiger partial charge < -0.3 is 20.7 Å². The van der Waals surface area contributed by atoms with Crippen molar-refractivity contribution in [2.75, 3.05) is 22.6 Å². The topological polar surface area (TPSA) is 101 Å². The molecule has 0 atom stereocenters. The van der Waals surface area contributed by atoms with Crippen LogP contribution in [0.1, 0.15) is 11.4 Å². The molecule has 8 nitrogen and oxygen atoms in total. The molecule has 0 radical (unpaired) electrons. The number of benzene rings is 2. The number of hydrogen-bond acceptors (Lipinski definition) is 7. The average molecular weight is 441 g/mol. The van der Waals surface area contributed by atoms with Gasteiger partial charge in [-0.15, -0.1) is 0 Å². The van der Waals surface area contributed by atoms with Crippen LogP contribution in [-0.4, -0.2) is 27.5 Å². The SMILES string of the molecule is Cc1ccnc(Nc2cc(Nc3ccc(NC(=O)COc4ccccc4)cc3)nc(C)n2)c1. The van der Waals surface area contributed by atoms with Crippen LogP contribution in [-0.2, 0) is 4.79 Å². The number of rotatable bonds is 8. The molecule has 33 heavy (non-hydrogen) atoms. The third-order valence-corrected chi connectivity index (χ3v) is 4.56. The number of hydrogen-bond donors (Lipinski definition) is 3. The van der Waals surface area contributed by atoms with E-state index in [0.29, 0.717) is 28.9 Å². The number of carbonyl (C=O) groups is 1. The Morgan fingerprint density at radius 2 is 1.52 bits per heavy atom. The Hall–Kier alpha value is -4.46. The zero-order chi connectivity index (χ0) is 23.0. The highest BCUT2D eigenvalue weighted by Crippen LogP contribution is 2.21. The summed E-state index contributed by atoms with van der Waals surface area (Å²) >= 11 is 0. The van der Waals surface area contributed by atoms with E-state index in [4.69, 9.17) is 4.74 Å². The van der Waals surface area contributed by atoms with E-state index in [0.717, 1.165) is 17.1 Å². The van der Waals surface area contributed by atoms with Crippen LogP contribution in [0.15, 0.2) is 79.0 Å². The fourth-order valence-electron chi connectivity index (χ4n) is 3.08. The molecule has 4 rings (SSSR count). The van der Waals surface area contributed by atoms with Crippen molar-refractivity contribution >= 4 is 34.7 Å². The van der Waals surface area contributed by atoms with Gasteiger partial charge in [0.25, 0.3) is 5.91 Å². The van der Waals surface area contributed by atoms with Crippen LogP contribution >= 0.6 is 0 Å². The van der Waals surface area contributed by atoms with Crippen molar-refractivity contribution < 1.29 is 9.53 Å². The Balaban J connectivity index is 1.35. The summed E-state index contributed by atoms with van der Waals surface area (Å²) in [6.07, 6.45) is 1.75. The third kappa shape index (κ3) is 6.51. The third-order valence-electron chi connectivity index (χ3n) is 4.56. The van der Waals surface area contributed by atoms with E-state index in [9.17, 15) is 4.79 Å². The smallest absolute Gasteiger partial charge is 0.262 e. The van der Waals surface area contributed by atoms with E-state index in [1.54, 1.807) is 18.3 Å². The van der Waals surface area contributed by atoms with Crippen molar-refractivity contribution in [1.82, 2.24) is 15.0 Å². The highest BCUT2D eigenvalue weighted by Gasteiger charge is 2.06. The zero-order valence-electron chi connectivity index (χ0n) is 18.4. The molecule has 0 unspecified atom stereocenters. The molecule has 0 saturated heterocycles. The molecule has 0 spiro atoms. The van der Waals surface area contributed by atoms with E-state index in [1.807, 2.05) is 74.5 Å². The number of nitrogens with one attached hydrogen (secondary N) is 3. The number of pyridine rings is 1. The predicted molar refractivity (Wildman–Crippen MR) is 129 cm³/mol. The van der Waals surface area contributed by atoms with E-state index in [1.165, 1.54) is 0 Å². The Kier molecular flexibility index (Phi) is 6.75. The normalized spacial score (nSPS) is 10.4. The summed E-state index contributed by atoms with van der Waals surface area (Å²) in [7, 11) is 0. The molecule has 3 N–H and O–H groups in total. The highest BCUT2D eigenvalue weighted by molar-refractivity contribution is 5.92. The second-order valence-corrected chi connectivity index (χ2v) is 7.38. The van der Waals surface area contributed by atoms with Gasteiger partial charge in [0.1, 0.15) is 29.0 Å². The first-order valence-electron chi connectivity index (χ1n) is 10.4. The fraction of sp³-hybridized carbons (Fsp3) is 0.120. The molecule has 0 aliphatic heterocycles. The van der Waals surface area contributed by atoms with Crippen LogP contribution in [0, 0.1) is 13.8 Å². The van der Waals surface area contributed by atoms with Crippen molar-refractivity contribution in [3.05, 3.63) is 90.4 Å². The van der Waals surface area contributed by atoms with E-state index < -0.39 is 0 Å². The lowest BCUT2D eigenvalue weighted by Gasteiger charge is -2.11. The van der Waals surface area contributed by atoms with E-state index >= 15 is 0 Å². The van der Waals surface area contributed by atoms with Gasteiger partial charge >= 0.3 is 0 Å². The quantitative estimate of drug-likeness (QED) is 0.355. The van der Waals surface area contributed by atoms with Gasteiger partial charge in [-0.3, -0.25) is 4.79 Å².